The fraction of sp³-hybridized carbons (Fsp3) is 0.250. The number of nitrogens with zero attached hydrogens (tertiary/aromatic N) is 2. The minimum Gasteiger partial charge on any atom is -0.399 e. The lowest BCUT2D eigenvalue weighted by molar-refractivity contribution is 0.591. The van der Waals surface area contributed by atoms with Gasteiger partial charge in [-0.1, -0.05) is 11.6 Å². The maximum atomic E-state index is 12.3. The molecule has 19 heavy (non-hydrogen) atoms. The number of halogens is 1. The van der Waals surface area contributed by atoms with E-state index in [2.05, 4.69) is 5.10 Å². The average molecular weight is 300 g/mol. The van der Waals surface area contributed by atoms with E-state index < -0.39 is 9.84 Å². The van der Waals surface area contributed by atoms with Gasteiger partial charge in [-0.2, -0.15) is 5.10 Å². The van der Waals surface area contributed by atoms with Crippen LogP contribution in [0.25, 0.3) is 0 Å². The van der Waals surface area contributed by atoms with Gasteiger partial charge in [-0.3, -0.25) is 4.68 Å². The van der Waals surface area contributed by atoms with Crippen LogP contribution in [0.4, 0.5) is 5.69 Å². The Labute approximate surface area is 116 Å². The second-order valence-electron chi connectivity index (χ2n) is 4.30. The van der Waals surface area contributed by atoms with Gasteiger partial charge in [0.15, 0.2) is 9.84 Å². The summed E-state index contributed by atoms with van der Waals surface area (Å²) in [7, 11) is -1.79. The third-order valence-electron chi connectivity index (χ3n) is 2.83. The molecule has 1 aromatic carbocycles. The molecule has 0 aliphatic heterocycles. The Bertz CT molecular complexity index is 705. The largest absolute Gasteiger partial charge is 0.399 e. The van der Waals surface area contributed by atoms with E-state index in [1.165, 1.54) is 16.8 Å². The Morgan fingerprint density at radius 3 is 2.37 bits per heavy atom. The maximum Gasteiger partial charge on any atom is 0.184 e. The minimum atomic E-state index is -3.46. The van der Waals surface area contributed by atoms with Crippen molar-refractivity contribution >= 4 is 27.1 Å². The second kappa shape index (κ2) is 4.86. The first-order chi connectivity index (χ1) is 8.81. The maximum absolute atomic E-state index is 12.3. The molecule has 102 valence electrons. The zero-order valence-corrected chi connectivity index (χ0v) is 12.2. The number of aryl methyl sites for hydroxylation is 2. The van der Waals surface area contributed by atoms with Crippen molar-refractivity contribution < 1.29 is 8.42 Å². The van der Waals surface area contributed by atoms with Crippen LogP contribution in [0.1, 0.15) is 11.4 Å². The Hall–Kier alpha value is -1.53. The number of hydrogen-bond donors (Lipinski definition) is 1. The Morgan fingerprint density at radius 1 is 1.32 bits per heavy atom. The first kappa shape index (κ1) is 13.9. The van der Waals surface area contributed by atoms with Gasteiger partial charge < -0.3 is 5.73 Å². The molecule has 0 aliphatic carbocycles. The summed E-state index contributed by atoms with van der Waals surface area (Å²) in [5.41, 5.74) is 7.17. The van der Waals surface area contributed by atoms with Gasteiger partial charge >= 0.3 is 0 Å². The minimum absolute atomic E-state index is 0.187. The predicted octanol–water partition coefficient (Wildman–Crippen LogP) is 1.94. The van der Waals surface area contributed by atoms with Crippen LogP contribution in [0.2, 0.25) is 5.02 Å². The molecule has 0 spiro atoms. The number of aromatic nitrogens is 2. The number of nitrogen functional groups attached to an aromatic ring is 1. The van der Waals surface area contributed by atoms with Crippen molar-refractivity contribution in [3.05, 3.63) is 40.7 Å². The average Bonchev–Trinajstić information content (AvgIpc) is 2.56. The van der Waals surface area contributed by atoms with E-state index in [0.29, 0.717) is 22.1 Å². The summed E-state index contributed by atoms with van der Waals surface area (Å²) in [6, 6.07) is 6.09. The summed E-state index contributed by atoms with van der Waals surface area (Å²) < 4.78 is 26.1. The molecule has 1 aromatic heterocycles. The van der Waals surface area contributed by atoms with Crippen LogP contribution >= 0.6 is 11.6 Å². The van der Waals surface area contributed by atoms with E-state index >= 15 is 0 Å². The number of hydrogen-bond acceptors (Lipinski definition) is 4. The molecule has 0 radical (unpaired) electrons. The molecule has 0 saturated heterocycles. The summed E-state index contributed by atoms with van der Waals surface area (Å²) in [5, 5.41) is 4.49. The van der Waals surface area contributed by atoms with Crippen LogP contribution < -0.4 is 5.73 Å². The molecular weight excluding hydrogens is 286 g/mol. The van der Waals surface area contributed by atoms with Crippen molar-refractivity contribution in [2.24, 2.45) is 7.05 Å². The van der Waals surface area contributed by atoms with Crippen LogP contribution in [-0.2, 0) is 22.6 Å². The molecule has 7 heteroatoms. The number of benzene rings is 1. The van der Waals surface area contributed by atoms with E-state index in [4.69, 9.17) is 17.3 Å². The molecule has 0 saturated carbocycles. The topological polar surface area (TPSA) is 78.0 Å². The highest BCUT2D eigenvalue weighted by Gasteiger charge is 2.21. The third-order valence-corrected chi connectivity index (χ3v) is 4.96. The lowest BCUT2D eigenvalue weighted by Crippen LogP contribution is -2.09. The quantitative estimate of drug-likeness (QED) is 0.879. The van der Waals surface area contributed by atoms with Gasteiger partial charge in [0.05, 0.1) is 27.1 Å². The SMILES string of the molecule is Cc1nn(C)c(CS(=O)(=O)c2ccc(N)cc2)c1Cl. The second-order valence-corrected chi connectivity index (χ2v) is 6.67. The van der Waals surface area contributed by atoms with Gasteiger partial charge in [-0.15, -0.1) is 0 Å². The fourth-order valence-electron chi connectivity index (χ4n) is 1.78. The van der Waals surface area contributed by atoms with Crippen molar-refractivity contribution in [1.29, 1.82) is 0 Å². The van der Waals surface area contributed by atoms with Gasteiger partial charge in [0.1, 0.15) is 0 Å². The summed E-state index contributed by atoms with van der Waals surface area (Å²) in [5.74, 6) is -0.187. The molecule has 2 aromatic rings. The van der Waals surface area contributed by atoms with E-state index in [9.17, 15) is 8.42 Å². The smallest absolute Gasteiger partial charge is 0.184 e. The van der Waals surface area contributed by atoms with E-state index in [1.807, 2.05) is 0 Å². The van der Waals surface area contributed by atoms with Gasteiger partial charge in [0.2, 0.25) is 0 Å². The summed E-state index contributed by atoms with van der Waals surface area (Å²) in [6.45, 7) is 1.74. The van der Waals surface area contributed by atoms with Crippen molar-refractivity contribution in [2.45, 2.75) is 17.6 Å². The van der Waals surface area contributed by atoms with Crippen LogP contribution in [0.3, 0.4) is 0 Å². The molecule has 5 nitrogen and oxygen atoms in total. The lowest BCUT2D eigenvalue weighted by Gasteiger charge is -2.06. The van der Waals surface area contributed by atoms with E-state index in [-0.39, 0.29) is 10.6 Å². The number of anilines is 1. The van der Waals surface area contributed by atoms with Gasteiger partial charge in [-0.25, -0.2) is 8.42 Å². The summed E-state index contributed by atoms with van der Waals surface area (Å²) in [6.07, 6.45) is 0. The molecule has 0 bridgehead atoms. The first-order valence-corrected chi connectivity index (χ1v) is 7.60. The number of sulfone groups is 1. The molecule has 2 rings (SSSR count). The van der Waals surface area contributed by atoms with Gasteiger partial charge in [0.25, 0.3) is 0 Å². The highest BCUT2D eigenvalue weighted by atomic mass is 35.5. The Balaban J connectivity index is 2.39. The third kappa shape index (κ3) is 2.74. The zero-order chi connectivity index (χ0) is 14.2. The van der Waals surface area contributed by atoms with Crippen molar-refractivity contribution in [3.63, 3.8) is 0 Å². The molecular formula is C12H14ClN3O2S. The Kier molecular flexibility index (Phi) is 3.56. The van der Waals surface area contributed by atoms with E-state index in [1.54, 1.807) is 26.1 Å². The number of rotatable bonds is 3. The van der Waals surface area contributed by atoms with Crippen molar-refractivity contribution in [2.75, 3.05) is 5.73 Å². The molecule has 1 heterocycles. The highest BCUT2D eigenvalue weighted by molar-refractivity contribution is 7.90. The molecule has 0 aliphatic rings. The fourth-order valence-corrected chi connectivity index (χ4v) is 3.49. The molecule has 0 atom stereocenters. The predicted molar refractivity (Wildman–Crippen MR) is 74.7 cm³/mol. The normalized spacial score (nSPS) is 11.7. The molecule has 0 unspecified atom stereocenters. The van der Waals surface area contributed by atoms with Crippen LogP contribution in [-0.4, -0.2) is 18.2 Å². The highest BCUT2D eigenvalue weighted by Crippen LogP contribution is 2.24. The summed E-state index contributed by atoms with van der Waals surface area (Å²) >= 11 is 6.07. The van der Waals surface area contributed by atoms with Crippen molar-refractivity contribution in [1.82, 2.24) is 9.78 Å². The zero-order valence-electron chi connectivity index (χ0n) is 10.6. The summed E-state index contributed by atoms with van der Waals surface area (Å²) in [4.78, 5) is 0.219. The monoisotopic (exact) mass is 299 g/mol. The van der Waals surface area contributed by atoms with Crippen LogP contribution in [0, 0.1) is 6.92 Å². The standard InChI is InChI=1S/C12H14ClN3O2S/c1-8-12(13)11(16(2)15-8)7-19(17,18)10-5-3-9(14)4-6-10/h3-6H,7,14H2,1-2H3. The number of nitrogens with two attached hydrogens (primary N) is 1. The van der Waals surface area contributed by atoms with Gasteiger partial charge in [-0.05, 0) is 31.2 Å². The van der Waals surface area contributed by atoms with Crippen LogP contribution in [0.5, 0.6) is 0 Å². The molecule has 0 amide bonds. The molecule has 2 N–H and O–H groups in total. The first-order valence-electron chi connectivity index (χ1n) is 5.57. The Morgan fingerprint density at radius 2 is 1.89 bits per heavy atom. The van der Waals surface area contributed by atoms with E-state index in [0.717, 1.165) is 0 Å². The lowest BCUT2D eigenvalue weighted by atomic mass is 10.3. The van der Waals surface area contributed by atoms with Crippen LogP contribution in [0.15, 0.2) is 29.2 Å². The van der Waals surface area contributed by atoms with Crippen molar-refractivity contribution in [3.8, 4) is 0 Å². The molecule has 0 fully saturated rings. The van der Waals surface area contributed by atoms with Gasteiger partial charge in [0, 0.05) is 12.7 Å².